The van der Waals surface area contributed by atoms with Crippen LogP contribution in [0.3, 0.4) is 0 Å². The second-order valence-electron chi connectivity index (χ2n) is 4.33. The van der Waals surface area contributed by atoms with Gasteiger partial charge in [0, 0.05) is 18.7 Å². The van der Waals surface area contributed by atoms with Crippen LogP contribution in [-0.4, -0.2) is 30.1 Å². The Kier molecular flexibility index (Phi) is 2.77. The predicted molar refractivity (Wildman–Crippen MR) is 59.9 cm³/mol. The van der Waals surface area contributed by atoms with Crippen LogP contribution in [0.2, 0.25) is 0 Å². The molecule has 0 aromatic heterocycles. The first-order valence-corrected chi connectivity index (χ1v) is 5.36. The molecular weight excluding hydrogens is 228 g/mol. The topological polar surface area (TPSA) is 40.5 Å². The zero-order chi connectivity index (χ0) is 12.6. The molecule has 0 atom stereocenters. The number of aryl methyl sites for hydroxylation is 1. The molecule has 1 N–H and O–H groups in total. The lowest BCUT2D eigenvalue weighted by Gasteiger charge is -2.20. The lowest BCUT2D eigenvalue weighted by Crippen LogP contribution is -2.25. The molecule has 1 aromatic carbocycles. The molecule has 92 valence electrons. The Morgan fingerprint density at radius 1 is 1.47 bits per heavy atom. The van der Waals surface area contributed by atoms with E-state index in [-0.39, 0.29) is 18.5 Å². The van der Waals surface area contributed by atoms with Crippen molar-refractivity contribution in [3.8, 4) is 0 Å². The van der Waals surface area contributed by atoms with Crippen LogP contribution in [0.5, 0.6) is 0 Å². The molecule has 0 spiro atoms. The minimum atomic E-state index is -2.64. The van der Waals surface area contributed by atoms with Crippen molar-refractivity contribution in [2.24, 2.45) is 0 Å². The average Bonchev–Trinajstić information content (AvgIpc) is 2.58. The molecule has 0 bridgehead atoms. The Morgan fingerprint density at radius 2 is 2.18 bits per heavy atom. The van der Waals surface area contributed by atoms with Gasteiger partial charge >= 0.3 is 5.97 Å². The first kappa shape index (κ1) is 11.8. The Balaban J connectivity index is 2.26. The van der Waals surface area contributed by atoms with E-state index in [1.165, 1.54) is 12.1 Å². The van der Waals surface area contributed by atoms with Crippen LogP contribution < -0.4 is 4.90 Å². The molecule has 1 saturated heterocycles. The van der Waals surface area contributed by atoms with Gasteiger partial charge in [-0.15, -0.1) is 0 Å². The minimum Gasteiger partial charge on any atom is -0.478 e. The van der Waals surface area contributed by atoms with Crippen LogP contribution >= 0.6 is 0 Å². The predicted octanol–water partition coefficient (Wildman–Crippen LogP) is 2.54. The van der Waals surface area contributed by atoms with E-state index in [1.54, 1.807) is 17.9 Å². The second-order valence-corrected chi connectivity index (χ2v) is 4.33. The molecule has 3 nitrogen and oxygen atoms in total. The summed E-state index contributed by atoms with van der Waals surface area (Å²) < 4.78 is 26.2. The molecule has 0 unspecified atom stereocenters. The molecule has 0 saturated carbocycles. The SMILES string of the molecule is Cc1cc(C(=O)O)ccc1N1CCC(F)(F)C1. The van der Waals surface area contributed by atoms with Gasteiger partial charge < -0.3 is 10.0 Å². The van der Waals surface area contributed by atoms with E-state index in [9.17, 15) is 13.6 Å². The van der Waals surface area contributed by atoms with Gasteiger partial charge in [-0.1, -0.05) is 0 Å². The molecule has 0 aliphatic carbocycles. The smallest absolute Gasteiger partial charge is 0.335 e. The van der Waals surface area contributed by atoms with Gasteiger partial charge in [0.25, 0.3) is 5.92 Å². The monoisotopic (exact) mass is 241 g/mol. The van der Waals surface area contributed by atoms with Crippen LogP contribution in [0.1, 0.15) is 22.3 Å². The van der Waals surface area contributed by atoms with Gasteiger partial charge in [0.05, 0.1) is 12.1 Å². The number of benzene rings is 1. The number of halogens is 2. The Bertz CT molecular complexity index is 460. The van der Waals surface area contributed by atoms with Crippen LogP contribution in [-0.2, 0) is 0 Å². The third-order valence-electron chi connectivity index (χ3n) is 2.95. The first-order chi connectivity index (χ1) is 7.89. The Morgan fingerprint density at radius 3 is 2.65 bits per heavy atom. The summed E-state index contributed by atoms with van der Waals surface area (Å²) in [5, 5.41) is 8.81. The van der Waals surface area contributed by atoms with Gasteiger partial charge in [-0.25, -0.2) is 13.6 Å². The van der Waals surface area contributed by atoms with E-state index in [0.29, 0.717) is 17.8 Å². The van der Waals surface area contributed by atoms with E-state index in [1.807, 2.05) is 0 Å². The lowest BCUT2D eigenvalue weighted by atomic mass is 10.1. The summed E-state index contributed by atoms with van der Waals surface area (Å²) in [6, 6.07) is 4.55. The molecular formula is C12H13F2NO2. The van der Waals surface area contributed by atoms with Crippen molar-refractivity contribution in [2.75, 3.05) is 18.0 Å². The summed E-state index contributed by atoms with van der Waals surface area (Å²) in [5.74, 6) is -3.65. The van der Waals surface area contributed by atoms with Gasteiger partial charge in [-0.05, 0) is 30.7 Å². The van der Waals surface area contributed by atoms with E-state index in [4.69, 9.17) is 5.11 Å². The van der Waals surface area contributed by atoms with E-state index >= 15 is 0 Å². The number of rotatable bonds is 2. The molecule has 17 heavy (non-hydrogen) atoms. The van der Waals surface area contributed by atoms with Crippen LogP contribution in [0.25, 0.3) is 0 Å². The first-order valence-electron chi connectivity index (χ1n) is 5.36. The Labute approximate surface area is 97.7 Å². The number of anilines is 1. The molecule has 0 radical (unpaired) electrons. The van der Waals surface area contributed by atoms with Crippen molar-refractivity contribution in [1.29, 1.82) is 0 Å². The highest BCUT2D eigenvalue weighted by Gasteiger charge is 2.38. The summed E-state index contributed by atoms with van der Waals surface area (Å²) in [6.45, 7) is 1.75. The van der Waals surface area contributed by atoms with Crippen molar-refractivity contribution in [3.63, 3.8) is 0 Å². The van der Waals surface area contributed by atoms with Gasteiger partial charge in [0.1, 0.15) is 0 Å². The largest absolute Gasteiger partial charge is 0.478 e. The van der Waals surface area contributed by atoms with Crippen molar-refractivity contribution in [1.82, 2.24) is 0 Å². The number of alkyl halides is 2. The zero-order valence-electron chi connectivity index (χ0n) is 9.41. The number of hydrogen-bond acceptors (Lipinski definition) is 2. The third kappa shape index (κ3) is 2.38. The molecule has 0 amide bonds. The van der Waals surface area contributed by atoms with E-state index < -0.39 is 11.9 Å². The van der Waals surface area contributed by atoms with Crippen LogP contribution in [0.4, 0.5) is 14.5 Å². The maximum Gasteiger partial charge on any atom is 0.335 e. The summed E-state index contributed by atoms with van der Waals surface area (Å²) in [6.07, 6.45) is -0.146. The van der Waals surface area contributed by atoms with Crippen LogP contribution in [0, 0.1) is 6.92 Å². The lowest BCUT2D eigenvalue weighted by molar-refractivity contribution is 0.0257. The van der Waals surface area contributed by atoms with Crippen molar-refractivity contribution < 1.29 is 18.7 Å². The number of carbonyl (C=O) groups is 1. The van der Waals surface area contributed by atoms with Crippen molar-refractivity contribution in [2.45, 2.75) is 19.3 Å². The number of hydrogen-bond donors (Lipinski definition) is 1. The molecule has 5 heteroatoms. The number of carboxylic acid groups (broad SMARTS) is 1. The van der Waals surface area contributed by atoms with Gasteiger partial charge in [0.15, 0.2) is 0 Å². The van der Waals surface area contributed by atoms with E-state index in [2.05, 4.69) is 0 Å². The highest BCUT2D eigenvalue weighted by molar-refractivity contribution is 5.88. The standard InChI is InChI=1S/C12H13F2NO2/c1-8-6-9(11(16)17)2-3-10(8)15-5-4-12(13,14)7-15/h2-3,6H,4-5,7H2,1H3,(H,16,17). The Hall–Kier alpha value is -1.65. The fourth-order valence-corrected chi connectivity index (χ4v) is 2.08. The highest BCUT2D eigenvalue weighted by Crippen LogP contribution is 2.32. The summed E-state index contributed by atoms with van der Waals surface area (Å²) in [5.41, 5.74) is 1.58. The van der Waals surface area contributed by atoms with Crippen molar-refractivity contribution >= 4 is 11.7 Å². The molecule has 1 aromatic rings. The molecule has 2 rings (SSSR count). The van der Waals surface area contributed by atoms with Gasteiger partial charge in [-0.3, -0.25) is 0 Å². The number of carboxylic acids is 1. The van der Waals surface area contributed by atoms with Crippen LogP contribution in [0.15, 0.2) is 18.2 Å². The van der Waals surface area contributed by atoms with E-state index in [0.717, 1.165) is 0 Å². The third-order valence-corrected chi connectivity index (χ3v) is 2.95. The highest BCUT2D eigenvalue weighted by atomic mass is 19.3. The quantitative estimate of drug-likeness (QED) is 0.865. The maximum absolute atomic E-state index is 13.1. The molecule has 1 aliphatic heterocycles. The summed E-state index contributed by atoms with van der Waals surface area (Å²) in [7, 11) is 0. The number of nitrogens with zero attached hydrogens (tertiary/aromatic N) is 1. The second kappa shape index (κ2) is 3.98. The minimum absolute atomic E-state index is 0.146. The summed E-state index contributed by atoms with van der Waals surface area (Å²) >= 11 is 0. The number of aromatic carboxylic acids is 1. The molecule has 1 heterocycles. The fraction of sp³-hybridized carbons (Fsp3) is 0.417. The van der Waals surface area contributed by atoms with Gasteiger partial charge in [-0.2, -0.15) is 0 Å². The fourth-order valence-electron chi connectivity index (χ4n) is 2.08. The van der Waals surface area contributed by atoms with Crippen molar-refractivity contribution in [3.05, 3.63) is 29.3 Å². The van der Waals surface area contributed by atoms with Gasteiger partial charge in [0.2, 0.25) is 0 Å². The molecule has 1 aliphatic rings. The average molecular weight is 241 g/mol. The summed E-state index contributed by atoms with van der Waals surface area (Å²) in [4.78, 5) is 12.4. The molecule has 1 fully saturated rings. The zero-order valence-corrected chi connectivity index (χ0v) is 9.41. The normalized spacial score (nSPS) is 18.4. The maximum atomic E-state index is 13.1.